The summed E-state index contributed by atoms with van der Waals surface area (Å²) in [5, 5.41) is 0. The largest absolute Gasteiger partial charge is 0.420 e. The van der Waals surface area contributed by atoms with Crippen LogP contribution in [0.1, 0.15) is 26.2 Å². The van der Waals surface area contributed by atoms with Crippen molar-refractivity contribution in [2.75, 3.05) is 19.7 Å². The number of aliphatic imine (C=N–C) groups is 2. The fraction of sp³-hybridized carbons (Fsp3) is 0.818. The monoisotopic (exact) mass is 256 g/mol. The summed E-state index contributed by atoms with van der Waals surface area (Å²) in [5.74, 6) is 0. The molecule has 0 saturated carbocycles. The molecule has 0 rings (SSSR count). The van der Waals surface area contributed by atoms with Crippen molar-refractivity contribution in [3.8, 4) is 0 Å². The molecule has 0 unspecified atom stereocenters. The average Bonchev–Trinajstić information content (AvgIpc) is 2.35. The zero-order valence-corrected chi connectivity index (χ0v) is 11.5. The molecule has 0 atom stereocenters. The lowest BCUT2D eigenvalue weighted by atomic mass is 10.5. The van der Waals surface area contributed by atoms with Gasteiger partial charge in [-0.25, -0.2) is 19.6 Å². The number of nitrogens with zero attached hydrogens (tertiary/aromatic N) is 2. The van der Waals surface area contributed by atoms with Crippen molar-refractivity contribution in [2.45, 2.75) is 38.3 Å². The second kappa shape index (κ2) is 13.0. The lowest BCUT2D eigenvalue weighted by Crippen LogP contribution is -2.19. The predicted octanol–water partition coefficient (Wildman–Crippen LogP) is 1.59. The summed E-state index contributed by atoms with van der Waals surface area (Å²) in [6, 6.07) is 2.02. The third-order valence-electron chi connectivity index (χ3n) is 2.28. The van der Waals surface area contributed by atoms with Crippen LogP contribution in [0.4, 0.5) is 0 Å². The van der Waals surface area contributed by atoms with Gasteiger partial charge in [-0.1, -0.05) is 6.92 Å². The van der Waals surface area contributed by atoms with Crippen LogP contribution in [0.3, 0.4) is 0 Å². The summed E-state index contributed by atoms with van der Waals surface area (Å²) in [6.45, 7) is 3.95. The molecule has 0 saturated heterocycles. The van der Waals surface area contributed by atoms with Gasteiger partial charge < -0.3 is 4.43 Å². The molecular formula is C11H20N2O3Si. The van der Waals surface area contributed by atoms with Crippen LogP contribution < -0.4 is 0 Å². The summed E-state index contributed by atoms with van der Waals surface area (Å²) in [7, 11) is -1.22. The first-order valence-electron chi connectivity index (χ1n) is 6.04. The Morgan fingerprint density at radius 1 is 1.06 bits per heavy atom. The Bertz CT molecular complexity index is 250. The number of hydrogen-bond acceptors (Lipinski definition) is 5. The van der Waals surface area contributed by atoms with Crippen LogP contribution in [0.25, 0.3) is 0 Å². The Labute approximate surface area is 104 Å². The lowest BCUT2D eigenvalue weighted by molar-refractivity contribution is 0.316. The van der Waals surface area contributed by atoms with Gasteiger partial charge >= 0.3 is 0 Å². The minimum atomic E-state index is -1.22. The molecule has 0 aromatic heterocycles. The average molecular weight is 256 g/mol. The first kappa shape index (κ1) is 15.9. The first-order chi connectivity index (χ1) is 8.35. The second-order valence-corrected chi connectivity index (χ2v) is 6.46. The Balaban J connectivity index is 3.77. The Morgan fingerprint density at radius 3 is 2.00 bits per heavy atom. The van der Waals surface area contributed by atoms with E-state index in [0.29, 0.717) is 13.1 Å². The highest BCUT2D eigenvalue weighted by Crippen LogP contribution is 2.08. The van der Waals surface area contributed by atoms with Gasteiger partial charge in [-0.15, -0.1) is 0 Å². The Hall–Kier alpha value is -1.06. The first-order valence-corrected chi connectivity index (χ1v) is 8.14. The maximum absolute atomic E-state index is 9.91. The molecule has 0 aromatic rings. The maximum atomic E-state index is 9.91. The van der Waals surface area contributed by atoms with Crippen LogP contribution >= 0.6 is 0 Å². The molecule has 0 aromatic carbocycles. The van der Waals surface area contributed by atoms with E-state index < -0.39 is 9.04 Å². The summed E-state index contributed by atoms with van der Waals surface area (Å²) < 4.78 is 5.81. The number of carbonyl (C=O) groups excluding carboxylic acids is 2. The molecule has 0 bridgehead atoms. The quantitative estimate of drug-likeness (QED) is 0.244. The minimum Gasteiger partial charge on any atom is -0.420 e. The van der Waals surface area contributed by atoms with Crippen molar-refractivity contribution in [3.05, 3.63) is 0 Å². The SMILES string of the molecule is CCCO[SiH](CCCN=C=O)CCCN=C=O. The Kier molecular flexibility index (Phi) is 12.2. The molecule has 0 aliphatic carbocycles. The molecule has 0 amide bonds. The van der Waals surface area contributed by atoms with Gasteiger partial charge in [0, 0.05) is 6.61 Å². The van der Waals surface area contributed by atoms with E-state index in [0.717, 1.165) is 38.0 Å². The van der Waals surface area contributed by atoms with E-state index in [4.69, 9.17) is 4.43 Å². The number of isocyanates is 2. The summed E-state index contributed by atoms with van der Waals surface area (Å²) in [5.41, 5.74) is 0. The van der Waals surface area contributed by atoms with Gasteiger partial charge in [0.1, 0.15) is 0 Å². The third-order valence-corrected chi connectivity index (χ3v) is 5.09. The molecule has 0 aliphatic heterocycles. The molecule has 17 heavy (non-hydrogen) atoms. The molecule has 96 valence electrons. The Morgan fingerprint density at radius 2 is 1.59 bits per heavy atom. The van der Waals surface area contributed by atoms with Crippen LogP contribution in [-0.4, -0.2) is 40.9 Å². The molecule has 0 spiro atoms. The van der Waals surface area contributed by atoms with E-state index in [1.54, 1.807) is 0 Å². The summed E-state index contributed by atoms with van der Waals surface area (Å²) >= 11 is 0. The van der Waals surface area contributed by atoms with Crippen molar-refractivity contribution >= 4 is 21.2 Å². The van der Waals surface area contributed by atoms with E-state index in [9.17, 15) is 9.59 Å². The minimum absolute atomic E-state index is 0.537. The molecule has 0 radical (unpaired) electrons. The third kappa shape index (κ3) is 11.2. The van der Waals surface area contributed by atoms with Gasteiger partial charge in [-0.05, 0) is 31.4 Å². The fourth-order valence-electron chi connectivity index (χ4n) is 1.48. The van der Waals surface area contributed by atoms with Crippen LogP contribution in [0.5, 0.6) is 0 Å². The van der Waals surface area contributed by atoms with Crippen molar-refractivity contribution in [2.24, 2.45) is 9.98 Å². The van der Waals surface area contributed by atoms with Gasteiger partial charge in [-0.2, -0.15) is 0 Å². The van der Waals surface area contributed by atoms with Crippen molar-refractivity contribution in [1.82, 2.24) is 0 Å². The van der Waals surface area contributed by atoms with Gasteiger partial charge in [0.05, 0.1) is 13.1 Å². The van der Waals surface area contributed by atoms with Gasteiger partial charge in [-0.3, -0.25) is 0 Å². The normalized spacial score (nSPS) is 11.4. The molecule has 0 aliphatic rings. The molecular weight excluding hydrogens is 236 g/mol. The van der Waals surface area contributed by atoms with E-state index in [2.05, 4.69) is 16.9 Å². The van der Waals surface area contributed by atoms with Gasteiger partial charge in [0.15, 0.2) is 9.04 Å². The molecule has 5 nitrogen and oxygen atoms in total. The standard InChI is InChI=1S/C11H20N2O3Si/c1-2-7-16-17(8-3-5-12-10-14)9-4-6-13-11-15/h17H,2-9H2,1H3. The highest BCUT2D eigenvalue weighted by Gasteiger charge is 2.10. The van der Waals surface area contributed by atoms with Gasteiger partial charge in [0.25, 0.3) is 0 Å². The number of rotatable bonds is 11. The molecule has 0 heterocycles. The van der Waals surface area contributed by atoms with Gasteiger partial charge in [0.2, 0.25) is 12.2 Å². The summed E-state index contributed by atoms with van der Waals surface area (Å²) in [6.07, 6.45) is 5.85. The van der Waals surface area contributed by atoms with Crippen molar-refractivity contribution < 1.29 is 14.0 Å². The highest BCUT2D eigenvalue weighted by atomic mass is 28.3. The van der Waals surface area contributed by atoms with Crippen molar-refractivity contribution in [1.29, 1.82) is 0 Å². The molecule has 6 heteroatoms. The molecule has 0 fully saturated rings. The predicted molar refractivity (Wildman–Crippen MR) is 68.2 cm³/mol. The summed E-state index contributed by atoms with van der Waals surface area (Å²) in [4.78, 5) is 26.9. The molecule has 0 N–H and O–H groups in total. The maximum Gasteiger partial charge on any atom is 0.234 e. The van der Waals surface area contributed by atoms with Crippen LogP contribution in [-0.2, 0) is 14.0 Å². The van der Waals surface area contributed by atoms with E-state index in [-0.39, 0.29) is 0 Å². The van der Waals surface area contributed by atoms with E-state index in [1.165, 1.54) is 12.2 Å². The fourth-order valence-corrected chi connectivity index (χ4v) is 3.95. The van der Waals surface area contributed by atoms with E-state index >= 15 is 0 Å². The van der Waals surface area contributed by atoms with E-state index in [1.807, 2.05) is 0 Å². The second-order valence-electron chi connectivity index (χ2n) is 3.72. The van der Waals surface area contributed by atoms with Crippen LogP contribution in [0.2, 0.25) is 12.1 Å². The topological polar surface area (TPSA) is 68.1 Å². The lowest BCUT2D eigenvalue weighted by Gasteiger charge is -2.14. The van der Waals surface area contributed by atoms with Crippen LogP contribution in [0.15, 0.2) is 9.98 Å². The zero-order valence-electron chi connectivity index (χ0n) is 10.4. The van der Waals surface area contributed by atoms with Crippen LogP contribution in [0, 0.1) is 0 Å². The zero-order chi connectivity index (χ0) is 12.8. The number of hydrogen-bond donors (Lipinski definition) is 0. The smallest absolute Gasteiger partial charge is 0.234 e. The highest BCUT2D eigenvalue weighted by molar-refractivity contribution is 6.51. The van der Waals surface area contributed by atoms with Crippen molar-refractivity contribution in [3.63, 3.8) is 0 Å².